The van der Waals surface area contributed by atoms with Crippen LogP contribution in [-0.4, -0.2) is 42.1 Å². The summed E-state index contributed by atoms with van der Waals surface area (Å²) in [4.78, 5) is 18.4. The van der Waals surface area contributed by atoms with Crippen LogP contribution in [0.3, 0.4) is 0 Å². The van der Waals surface area contributed by atoms with E-state index in [1.165, 1.54) is 18.3 Å². The minimum atomic E-state index is -0.314. The van der Waals surface area contributed by atoms with Gasteiger partial charge in [-0.2, -0.15) is 0 Å². The van der Waals surface area contributed by atoms with Crippen molar-refractivity contribution in [3.05, 3.63) is 56.9 Å². The number of carbonyl (C=O) groups is 1. The zero-order valence-electron chi connectivity index (χ0n) is 13.3. The molecule has 3 rings (SSSR count). The molecule has 0 radical (unpaired) electrons. The SMILES string of the molecule is O=C(c1cnc(NCc2cc(F)ccc2Br)c(Cl)c1)N1CCOCC1. The van der Waals surface area contributed by atoms with Gasteiger partial charge < -0.3 is 15.0 Å². The van der Waals surface area contributed by atoms with Crippen molar-refractivity contribution in [3.63, 3.8) is 0 Å². The molecule has 0 atom stereocenters. The van der Waals surface area contributed by atoms with Crippen LogP contribution in [0.1, 0.15) is 15.9 Å². The number of nitrogens with zero attached hydrogens (tertiary/aromatic N) is 2. The second-order valence-corrected chi connectivity index (χ2v) is 6.81. The van der Waals surface area contributed by atoms with Crippen molar-refractivity contribution in [2.75, 3.05) is 31.6 Å². The summed E-state index contributed by atoms with van der Waals surface area (Å²) < 4.78 is 19.4. The Hall–Kier alpha value is -1.70. The van der Waals surface area contributed by atoms with Crippen molar-refractivity contribution in [2.45, 2.75) is 6.54 Å². The first-order chi connectivity index (χ1) is 12.0. The highest BCUT2D eigenvalue weighted by Gasteiger charge is 2.19. The number of hydrogen-bond acceptors (Lipinski definition) is 4. The maximum absolute atomic E-state index is 13.3. The molecular formula is C17H16BrClFN3O2. The lowest BCUT2D eigenvalue weighted by atomic mass is 10.2. The van der Waals surface area contributed by atoms with Gasteiger partial charge in [-0.15, -0.1) is 0 Å². The van der Waals surface area contributed by atoms with Crippen LogP contribution in [0, 0.1) is 5.82 Å². The van der Waals surface area contributed by atoms with E-state index in [1.807, 2.05) is 0 Å². The second-order valence-electron chi connectivity index (χ2n) is 5.55. The van der Waals surface area contributed by atoms with Crippen LogP contribution in [0.5, 0.6) is 0 Å². The lowest BCUT2D eigenvalue weighted by molar-refractivity contribution is 0.0302. The third kappa shape index (κ3) is 4.48. The van der Waals surface area contributed by atoms with Crippen LogP contribution in [0.2, 0.25) is 5.02 Å². The molecule has 25 heavy (non-hydrogen) atoms. The summed E-state index contributed by atoms with van der Waals surface area (Å²) in [5, 5.41) is 3.40. The molecule has 1 amide bonds. The van der Waals surface area contributed by atoms with Crippen LogP contribution in [0.15, 0.2) is 34.9 Å². The molecule has 0 aliphatic carbocycles. The van der Waals surface area contributed by atoms with E-state index in [-0.39, 0.29) is 11.7 Å². The Morgan fingerprint density at radius 1 is 1.36 bits per heavy atom. The summed E-state index contributed by atoms with van der Waals surface area (Å²) in [6, 6.07) is 6.05. The summed E-state index contributed by atoms with van der Waals surface area (Å²) in [5.74, 6) is 0.0130. The molecule has 1 fully saturated rings. The number of aromatic nitrogens is 1. The number of pyridine rings is 1. The topological polar surface area (TPSA) is 54.5 Å². The number of benzene rings is 1. The van der Waals surface area contributed by atoms with E-state index in [4.69, 9.17) is 16.3 Å². The lowest BCUT2D eigenvalue weighted by Crippen LogP contribution is -2.40. The van der Waals surface area contributed by atoms with Gasteiger partial charge in [0.1, 0.15) is 11.6 Å². The molecule has 2 aromatic rings. The summed E-state index contributed by atoms with van der Waals surface area (Å²) >= 11 is 9.62. The number of rotatable bonds is 4. The molecule has 1 N–H and O–H groups in total. The summed E-state index contributed by atoms with van der Waals surface area (Å²) in [7, 11) is 0. The maximum atomic E-state index is 13.3. The molecule has 132 valence electrons. The Bertz CT molecular complexity index is 784. The Kier molecular flexibility index (Phi) is 5.88. The molecule has 1 aromatic carbocycles. The molecule has 1 aromatic heterocycles. The number of hydrogen-bond donors (Lipinski definition) is 1. The Balaban J connectivity index is 1.69. The van der Waals surface area contributed by atoms with Gasteiger partial charge in [0.15, 0.2) is 0 Å². The Morgan fingerprint density at radius 3 is 2.84 bits per heavy atom. The Morgan fingerprint density at radius 2 is 2.12 bits per heavy atom. The average Bonchev–Trinajstić information content (AvgIpc) is 2.63. The van der Waals surface area contributed by atoms with Gasteiger partial charge in [-0.3, -0.25) is 4.79 Å². The molecule has 5 nitrogen and oxygen atoms in total. The first-order valence-corrected chi connectivity index (χ1v) is 8.92. The number of anilines is 1. The number of ether oxygens (including phenoxy) is 1. The van der Waals surface area contributed by atoms with Gasteiger partial charge in [-0.1, -0.05) is 27.5 Å². The minimum Gasteiger partial charge on any atom is -0.378 e. The van der Waals surface area contributed by atoms with Gasteiger partial charge in [-0.25, -0.2) is 9.37 Å². The first-order valence-electron chi connectivity index (χ1n) is 7.75. The molecule has 0 unspecified atom stereocenters. The van der Waals surface area contributed by atoms with Crippen LogP contribution in [-0.2, 0) is 11.3 Å². The smallest absolute Gasteiger partial charge is 0.255 e. The predicted octanol–water partition coefficient (Wildman–Crippen LogP) is 3.72. The molecular weight excluding hydrogens is 413 g/mol. The highest BCUT2D eigenvalue weighted by atomic mass is 79.9. The predicted molar refractivity (Wildman–Crippen MR) is 97.4 cm³/mol. The van der Waals surface area contributed by atoms with Crippen LogP contribution >= 0.6 is 27.5 Å². The lowest BCUT2D eigenvalue weighted by Gasteiger charge is -2.26. The van der Waals surface area contributed by atoms with Crippen LogP contribution in [0.25, 0.3) is 0 Å². The minimum absolute atomic E-state index is 0.114. The van der Waals surface area contributed by atoms with Gasteiger partial charge >= 0.3 is 0 Å². The number of morpholine rings is 1. The van der Waals surface area contributed by atoms with E-state index < -0.39 is 0 Å². The van der Waals surface area contributed by atoms with E-state index in [0.717, 1.165) is 10.0 Å². The fraction of sp³-hybridized carbons (Fsp3) is 0.294. The molecule has 0 spiro atoms. The molecule has 1 saturated heterocycles. The highest BCUT2D eigenvalue weighted by Crippen LogP contribution is 2.24. The summed E-state index contributed by atoms with van der Waals surface area (Å²) in [6.45, 7) is 2.54. The van der Waals surface area contributed by atoms with E-state index >= 15 is 0 Å². The second kappa shape index (κ2) is 8.12. The number of nitrogens with one attached hydrogen (secondary N) is 1. The van der Waals surface area contributed by atoms with E-state index in [0.29, 0.717) is 49.3 Å². The van der Waals surface area contributed by atoms with E-state index in [9.17, 15) is 9.18 Å². The summed E-state index contributed by atoms with van der Waals surface area (Å²) in [5.41, 5.74) is 1.18. The number of amides is 1. The molecule has 0 saturated carbocycles. The number of halogens is 3. The van der Waals surface area contributed by atoms with E-state index in [1.54, 1.807) is 17.0 Å². The molecule has 1 aliphatic rings. The van der Waals surface area contributed by atoms with Gasteiger partial charge in [0, 0.05) is 30.3 Å². The monoisotopic (exact) mass is 427 g/mol. The Labute approximate surface area is 158 Å². The van der Waals surface area contributed by atoms with E-state index in [2.05, 4.69) is 26.2 Å². The molecule has 8 heteroatoms. The van der Waals surface area contributed by atoms with Crippen LogP contribution in [0.4, 0.5) is 10.2 Å². The van der Waals surface area contributed by atoms with Crippen molar-refractivity contribution >= 4 is 39.3 Å². The van der Waals surface area contributed by atoms with Gasteiger partial charge in [0.2, 0.25) is 0 Å². The van der Waals surface area contributed by atoms with Crippen LogP contribution < -0.4 is 5.32 Å². The largest absolute Gasteiger partial charge is 0.378 e. The van der Waals surface area contributed by atoms with Crippen molar-refractivity contribution in [1.29, 1.82) is 0 Å². The molecule has 2 heterocycles. The fourth-order valence-corrected chi connectivity index (χ4v) is 3.11. The highest BCUT2D eigenvalue weighted by molar-refractivity contribution is 9.10. The third-order valence-electron chi connectivity index (χ3n) is 3.84. The van der Waals surface area contributed by atoms with Crippen molar-refractivity contribution in [3.8, 4) is 0 Å². The maximum Gasteiger partial charge on any atom is 0.255 e. The molecule has 1 aliphatic heterocycles. The average molecular weight is 429 g/mol. The van der Waals surface area contributed by atoms with Crippen molar-refractivity contribution in [2.24, 2.45) is 0 Å². The van der Waals surface area contributed by atoms with Gasteiger partial charge in [0.05, 0.1) is 23.8 Å². The zero-order chi connectivity index (χ0) is 17.8. The standard InChI is InChI=1S/C17H16BrClFN3O2/c18-14-2-1-13(20)7-11(14)9-21-16-15(19)8-12(10-22-16)17(24)23-3-5-25-6-4-23/h1-2,7-8,10H,3-6,9H2,(H,21,22). The van der Waals surface area contributed by atoms with Gasteiger partial charge in [-0.05, 0) is 29.8 Å². The molecule has 0 bridgehead atoms. The fourth-order valence-electron chi connectivity index (χ4n) is 2.49. The van der Waals surface area contributed by atoms with Crippen molar-refractivity contribution in [1.82, 2.24) is 9.88 Å². The quantitative estimate of drug-likeness (QED) is 0.806. The number of carbonyl (C=O) groups excluding carboxylic acids is 1. The third-order valence-corrected chi connectivity index (χ3v) is 4.90. The summed E-state index contributed by atoms with van der Waals surface area (Å²) in [6.07, 6.45) is 1.49. The normalized spacial score (nSPS) is 14.4. The van der Waals surface area contributed by atoms with Crippen molar-refractivity contribution < 1.29 is 13.9 Å². The van der Waals surface area contributed by atoms with Gasteiger partial charge in [0.25, 0.3) is 5.91 Å². The zero-order valence-corrected chi connectivity index (χ0v) is 15.6. The first kappa shape index (κ1) is 18.1.